The van der Waals surface area contributed by atoms with Crippen LogP contribution in [0.25, 0.3) is 0 Å². The van der Waals surface area contributed by atoms with Gasteiger partial charge in [0, 0.05) is 18.9 Å². The normalized spacial score (nSPS) is 15.0. The molecular formula is C15H28O4Si. The number of esters is 1. The first-order chi connectivity index (χ1) is 8.91. The molecule has 0 aliphatic rings. The van der Waals surface area contributed by atoms with Crippen molar-refractivity contribution < 1.29 is 19.1 Å². The highest BCUT2D eigenvalue weighted by Gasteiger charge is 2.37. The van der Waals surface area contributed by atoms with Crippen molar-refractivity contribution >= 4 is 14.3 Å². The summed E-state index contributed by atoms with van der Waals surface area (Å²) in [6, 6.07) is 0. The summed E-state index contributed by atoms with van der Waals surface area (Å²) in [6.45, 7) is 14.8. The van der Waals surface area contributed by atoms with Crippen molar-refractivity contribution in [3.63, 3.8) is 0 Å². The molecule has 0 fully saturated rings. The van der Waals surface area contributed by atoms with Gasteiger partial charge in [0.05, 0.1) is 6.61 Å². The molecule has 1 N–H and O–H groups in total. The van der Waals surface area contributed by atoms with Crippen LogP contribution in [-0.4, -0.2) is 38.2 Å². The van der Waals surface area contributed by atoms with Crippen molar-refractivity contribution in [2.75, 3.05) is 13.2 Å². The van der Waals surface area contributed by atoms with E-state index in [-0.39, 0.29) is 11.6 Å². The van der Waals surface area contributed by atoms with E-state index in [0.29, 0.717) is 13.0 Å². The van der Waals surface area contributed by atoms with E-state index in [0.717, 1.165) is 0 Å². The van der Waals surface area contributed by atoms with Gasteiger partial charge in [-0.3, -0.25) is 0 Å². The fourth-order valence-electron chi connectivity index (χ4n) is 1.14. The van der Waals surface area contributed by atoms with Crippen LogP contribution < -0.4 is 0 Å². The molecule has 0 aliphatic carbocycles. The molecule has 0 saturated heterocycles. The number of hydrogen-bond donors (Lipinski definition) is 1. The second kappa shape index (κ2) is 7.25. The minimum Gasteiger partial charge on any atom is -0.456 e. The molecule has 0 saturated carbocycles. The summed E-state index contributed by atoms with van der Waals surface area (Å²) in [5.74, 6) is 4.22. The molecule has 116 valence electrons. The van der Waals surface area contributed by atoms with Gasteiger partial charge in [-0.1, -0.05) is 26.7 Å². The van der Waals surface area contributed by atoms with Crippen LogP contribution in [0.2, 0.25) is 18.1 Å². The van der Waals surface area contributed by atoms with Gasteiger partial charge < -0.3 is 14.3 Å². The molecule has 0 heterocycles. The standard InChI is InChI=1S/C15H28O4Si/c1-8-18-13(16)9-10-15(5,17)11-12-19-20(6,7)14(2,3)4/h17H,8,11-12H2,1-7H3. The van der Waals surface area contributed by atoms with E-state index < -0.39 is 19.9 Å². The molecule has 0 radical (unpaired) electrons. The van der Waals surface area contributed by atoms with E-state index in [1.807, 2.05) is 0 Å². The SMILES string of the molecule is CCOC(=O)C#CC(C)(O)CCO[Si](C)(C)C(C)(C)C. The summed E-state index contributed by atoms with van der Waals surface area (Å²) in [5.41, 5.74) is -1.24. The Balaban J connectivity index is 4.41. The quantitative estimate of drug-likeness (QED) is 0.367. The zero-order valence-corrected chi connectivity index (χ0v) is 14.8. The molecule has 0 amide bonds. The zero-order valence-electron chi connectivity index (χ0n) is 13.8. The first-order valence-electron chi connectivity index (χ1n) is 6.97. The predicted molar refractivity (Wildman–Crippen MR) is 82.8 cm³/mol. The van der Waals surface area contributed by atoms with Crippen LogP contribution in [0.5, 0.6) is 0 Å². The van der Waals surface area contributed by atoms with Gasteiger partial charge in [0.25, 0.3) is 0 Å². The number of carbonyl (C=O) groups is 1. The molecule has 0 spiro atoms. The summed E-state index contributed by atoms with van der Waals surface area (Å²) >= 11 is 0. The average molecular weight is 300 g/mol. The van der Waals surface area contributed by atoms with E-state index in [1.54, 1.807) is 13.8 Å². The first kappa shape index (κ1) is 19.2. The topological polar surface area (TPSA) is 55.8 Å². The molecular weight excluding hydrogens is 272 g/mol. The molecule has 1 unspecified atom stereocenters. The average Bonchev–Trinajstić information content (AvgIpc) is 2.25. The van der Waals surface area contributed by atoms with Gasteiger partial charge in [-0.15, -0.1) is 0 Å². The first-order valence-corrected chi connectivity index (χ1v) is 9.88. The second-order valence-corrected chi connectivity index (χ2v) is 11.4. The number of rotatable bonds is 5. The highest BCUT2D eigenvalue weighted by atomic mass is 28.4. The Bertz CT molecular complexity index is 383. The van der Waals surface area contributed by atoms with E-state index in [2.05, 4.69) is 45.7 Å². The summed E-state index contributed by atoms with van der Waals surface area (Å²) in [6.07, 6.45) is 0.367. The van der Waals surface area contributed by atoms with Crippen molar-refractivity contribution in [1.82, 2.24) is 0 Å². The highest BCUT2D eigenvalue weighted by Crippen LogP contribution is 2.36. The van der Waals surface area contributed by atoms with Crippen LogP contribution in [0.3, 0.4) is 0 Å². The van der Waals surface area contributed by atoms with Crippen molar-refractivity contribution in [2.45, 2.75) is 64.8 Å². The summed E-state index contributed by atoms with van der Waals surface area (Å²) in [5, 5.41) is 10.2. The Morgan fingerprint density at radius 2 is 1.80 bits per heavy atom. The minimum absolute atomic E-state index is 0.134. The van der Waals surface area contributed by atoms with Crippen LogP contribution in [0, 0.1) is 11.8 Å². The van der Waals surface area contributed by atoms with Crippen molar-refractivity contribution in [1.29, 1.82) is 0 Å². The lowest BCUT2D eigenvalue weighted by molar-refractivity contribution is -0.136. The fraction of sp³-hybridized carbons (Fsp3) is 0.800. The van der Waals surface area contributed by atoms with E-state index in [1.165, 1.54) is 0 Å². The molecule has 20 heavy (non-hydrogen) atoms. The Hall–Kier alpha value is -0.833. The smallest absolute Gasteiger partial charge is 0.384 e. The summed E-state index contributed by atoms with van der Waals surface area (Å²) in [4.78, 5) is 11.1. The lowest BCUT2D eigenvalue weighted by Gasteiger charge is -2.36. The summed E-state index contributed by atoms with van der Waals surface area (Å²) < 4.78 is 10.7. The van der Waals surface area contributed by atoms with Crippen LogP contribution in [0.15, 0.2) is 0 Å². The second-order valence-electron chi connectivity index (χ2n) is 6.60. The predicted octanol–water partition coefficient (Wildman–Crippen LogP) is 2.72. The van der Waals surface area contributed by atoms with Crippen molar-refractivity contribution in [3.8, 4) is 11.8 Å². The van der Waals surface area contributed by atoms with Crippen LogP contribution in [-0.2, 0) is 14.0 Å². The molecule has 0 aliphatic heterocycles. The molecule has 1 atom stereocenters. The van der Waals surface area contributed by atoms with Crippen LogP contribution in [0.1, 0.15) is 41.0 Å². The van der Waals surface area contributed by atoms with Gasteiger partial charge in [-0.25, -0.2) is 4.79 Å². The van der Waals surface area contributed by atoms with Gasteiger partial charge in [-0.2, -0.15) is 0 Å². The largest absolute Gasteiger partial charge is 0.456 e. The number of hydrogen-bond acceptors (Lipinski definition) is 4. The van der Waals surface area contributed by atoms with Gasteiger partial charge >= 0.3 is 5.97 Å². The highest BCUT2D eigenvalue weighted by molar-refractivity contribution is 6.74. The maximum atomic E-state index is 11.1. The summed E-state index contributed by atoms with van der Waals surface area (Å²) in [7, 11) is -1.81. The minimum atomic E-state index is -1.81. The van der Waals surface area contributed by atoms with E-state index >= 15 is 0 Å². The Morgan fingerprint density at radius 3 is 2.25 bits per heavy atom. The van der Waals surface area contributed by atoms with Crippen molar-refractivity contribution in [3.05, 3.63) is 0 Å². The van der Waals surface area contributed by atoms with Gasteiger partial charge in [0.15, 0.2) is 8.32 Å². The molecule has 0 aromatic heterocycles. The molecule has 0 aromatic carbocycles. The van der Waals surface area contributed by atoms with E-state index in [4.69, 9.17) is 9.16 Å². The van der Waals surface area contributed by atoms with Gasteiger partial charge in [-0.05, 0) is 32.0 Å². The molecule has 0 rings (SSSR count). The fourth-order valence-corrected chi connectivity index (χ4v) is 2.18. The van der Waals surface area contributed by atoms with Crippen LogP contribution >= 0.6 is 0 Å². The van der Waals surface area contributed by atoms with E-state index in [9.17, 15) is 9.90 Å². The van der Waals surface area contributed by atoms with Gasteiger partial charge in [0.2, 0.25) is 0 Å². The van der Waals surface area contributed by atoms with Crippen molar-refractivity contribution in [2.24, 2.45) is 0 Å². The maximum absolute atomic E-state index is 11.1. The molecule has 4 nitrogen and oxygen atoms in total. The third-order valence-electron chi connectivity index (χ3n) is 3.57. The van der Waals surface area contributed by atoms with Gasteiger partial charge in [0.1, 0.15) is 5.60 Å². The molecule has 0 bridgehead atoms. The Labute approximate surface area is 124 Å². The lowest BCUT2D eigenvalue weighted by atomic mass is 10.0. The third kappa shape index (κ3) is 7.08. The number of aliphatic hydroxyl groups is 1. The maximum Gasteiger partial charge on any atom is 0.384 e. The Morgan fingerprint density at radius 1 is 1.25 bits per heavy atom. The van der Waals surface area contributed by atoms with Crippen LogP contribution in [0.4, 0.5) is 0 Å². The monoisotopic (exact) mass is 300 g/mol. The molecule has 5 heteroatoms. The third-order valence-corrected chi connectivity index (χ3v) is 8.11. The zero-order chi connectivity index (χ0) is 16.0. The Kier molecular flexibility index (Phi) is 6.95. The molecule has 0 aromatic rings. The number of ether oxygens (including phenoxy) is 1. The lowest BCUT2D eigenvalue weighted by Crippen LogP contribution is -2.42. The number of carbonyl (C=O) groups excluding carboxylic acids is 1.